The second-order valence-corrected chi connectivity index (χ2v) is 5.61. The molecular weight excluding hydrogens is 308 g/mol. The minimum Gasteiger partial charge on any atom is -0.323 e. The largest absolute Gasteiger partial charge is 0.323 e. The molecule has 1 aliphatic rings. The summed E-state index contributed by atoms with van der Waals surface area (Å²) in [4.78, 5) is 34.7. The van der Waals surface area contributed by atoms with Crippen molar-refractivity contribution in [2.75, 3.05) is 5.32 Å². The Balaban J connectivity index is 1.55. The Morgan fingerprint density at radius 2 is 2.17 bits per heavy atom. The molecule has 1 aromatic carbocycles. The molecule has 0 spiro atoms. The average molecular weight is 322 g/mol. The number of carbonyl (C=O) groups excluding carboxylic acids is 2. The second-order valence-electron chi connectivity index (χ2n) is 5.61. The highest BCUT2D eigenvalue weighted by molar-refractivity contribution is 6.05. The van der Waals surface area contributed by atoms with Gasteiger partial charge in [0.2, 0.25) is 5.91 Å². The van der Waals surface area contributed by atoms with E-state index in [1.807, 2.05) is 18.2 Å². The zero-order valence-corrected chi connectivity index (χ0v) is 12.9. The van der Waals surface area contributed by atoms with Gasteiger partial charge < -0.3 is 10.2 Å². The van der Waals surface area contributed by atoms with E-state index in [1.165, 1.54) is 6.33 Å². The number of aromatic nitrogens is 4. The van der Waals surface area contributed by atoms with Gasteiger partial charge in [-0.05, 0) is 18.6 Å². The van der Waals surface area contributed by atoms with Crippen LogP contribution in [-0.4, -0.2) is 42.9 Å². The first-order valence-corrected chi connectivity index (χ1v) is 7.49. The summed E-state index contributed by atoms with van der Waals surface area (Å²) in [6.07, 6.45) is 2.89. The number of nitrogens with zero attached hydrogens (tertiary/aromatic N) is 4. The lowest BCUT2D eigenvalue weighted by Crippen LogP contribution is -2.42. The molecule has 0 fully saturated rings. The molecule has 1 atom stereocenters. The smallest absolute Gasteiger partial charge is 0.255 e. The third kappa shape index (κ3) is 2.19. The number of carbonyl (C=O) groups is 2. The van der Waals surface area contributed by atoms with Crippen molar-refractivity contribution in [2.45, 2.75) is 19.5 Å². The number of hydrogen-bond donors (Lipinski definition) is 2. The van der Waals surface area contributed by atoms with E-state index in [9.17, 15) is 9.59 Å². The Hall–Kier alpha value is -3.29. The van der Waals surface area contributed by atoms with Crippen molar-refractivity contribution < 1.29 is 9.59 Å². The predicted molar refractivity (Wildman–Crippen MR) is 86.1 cm³/mol. The maximum Gasteiger partial charge on any atom is 0.255 e. The van der Waals surface area contributed by atoms with Crippen LogP contribution in [0.3, 0.4) is 0 Å². The zero-order chi connectivity index (χ0) is 16.7. The van der Waals surface area contributed by atoms with Gasteiger partial charge in [-0.15, -0.1) is 0 Å². The Morgan fingerprint density at radius 1 is 1.33 bits per heavy atom. The fourth-order valence-electron chi connectivity index (χ4n) is 2.82. The van der Waals surface area contributed by atoms with Crippen molar-refractivity contribution in [1.82, 2.24) is 25.1 Å². The van der Waals surface area contributed by atoms with Gasteiger partial charge in [0.15, 0.2) is 5.65 Å². The van der Waals surface area contributed by atoms with E-state index in [-0.39, 0.29) is 11.8 Å². The highest BCUT2D eigenvalue weighted by Crippen LogP contribution is 2.25. The number of benzene rings is 1. The molecular formula is C16H14N6O2. The molecule has 1 aliphatic heterocycles. The molecule has 0 radical (unpaired) electrons. The van der Waals surface area contributed by atoms with Gasteiger partial charge >= 0.3 is 0 Å². The van der Waals surface area contributed by atoms with Gasteiger partial charge in [0.05, 0.1) is 11.6 Å². The maximum atomic E-state index is 12.6. The van der Waals surface area contributed by atoms with E-state index in [4.69, 9.17) is 0 Å². The molecule has 3 heterocycles. The number of rotatable bonds is 3. The summed E-state index contributed by atoms with van der Waals surface area (Å²) in [5, 5.41) is 9.98. The summed E-state index contributed by atoms with van der Waals surface area (Å²) >= 11 is 0. The lowest BCUT2D eigenvalue weighted by molar-refractivity contribution is -0.120. The van der Waals surface area contributed by atoms with E-state index in [2.05, 4.69) is 25.5 Å². The summed E-state index contributed by atoms with van der Waals surface area (Å²) in [5.41, 5.74) is 2.12. The summed E-state index contributed by atoms with van der Waals surface area (Å²) < 4.78 is 0. The number of amides is 2. The molecule has 0 aliphatic carbocycles. The lowest BCUT2D eigenvalue weighted by atomic mass is 10.1. The van der Waals surface area contributed by atoms with E-state index in [0.29, 0.717) is 29.0 Å². The molecule has 2 aromatic heterocycles. The van der Waals surface area contributed by atoms with Crippen molar-refractivity contribution in [3.63, 3.8) is 0 Å². The number of aromatic amines is 1. The fraction of sp³-hybridized carbons (Fsp3) is 0.188. The van der Waals surface area contributed by atoms with Gasteiger partial charge in [-0.25, -0.2) is 9.97 Å². The van der Waals surface area contributed by atoms with Gasteiger partial charge in [-0.1, -0.05) is 18.2 Å². The van der Waals surface area contributed by atoms with E-state index < -0.39 is 6.04 Å². The first-order chi connectivity index (χ1) is 11.6. The van der Waals surface area contributed by atoms with Crippen molar-refractivity contribution in [2.24, 2.45) is 0 Å². The number of fused-ring (bicyclic) bond motifs is 2. The van der Waals surface area contributed by atoms with Crippen LogP contribution in [0.1, 0.15) is 22.8 Å². The van der Waals surface area contributed by atoms with Gasteiger partial charge in [-0.3, -0.25) is 14.7 Å². The predicted octanol–water partition coefficient (Wildman–Crippen LogP) is 1.34. The van der Waals surface area contributed by atoms with E-state index in [1.54, 1.807) is 24.1 Å². The van der Waals surface area contributed by atoms with Crippen LogP contribution in [0.15, 0.2) is 36.8 Å². The Kier molecular flexibility index (Phi) is 3.23. The van der Waals surface area contributed by atoms with Crippen molar-refractivity contribution >= 4 is 28.7 Å². The average Bonchev–Trinajstić information content (AvgIpc) is 3.20. The van der Waals surface area contributed by atoms with Crippen LogP contribution in [0.4, 0.5) is 5.82 Å². The highest BCUT2D eigenvalue weighted by atomic mass is 16.2. The van der Waals surface area contributed by atoms with Crippen molar-refractivity contribution in [1.29, 1.82) is 0 Å². The zero-order valence-electron chi connectivity index (χ0n) is 12.9. The Labute approximate surface area is 136 Å². The molecule has 2 N–H and O–H groups in total. The molecule has 0 bridgehead atoms. The highest BCUT2D eigenvalue weighted by Gasteiger charge is 2.33. The topological polar surface area (TPSA) is 104 Å². The molecule has 24 heavy (non-hydrogen) atoms. The van der Waals surface area contributed by atoms with Crippen LogP contribution >= 0.6 is 0 Å². The molecule has 3 aromatic rings. The van der Waals surface area contributed by atoms with Crippen molar-refractivity contribution in [3.8, 4) is 0 Å². The molecule has 8 heteroatoms. The SMILES string of the molecule is C[C@H](C(=O)Nc1ncnc2[nH]ncc12)N1Cc2ccccc2C1=O. The minimum absolute atomic E-state index is 0.135. The number of nitrogens with one attached hydrogen (secondary N) is 2. The molecule has 0 saturated carbocycles. The summed E-state index contributed by atoms with van der Waals surface area (Å²) in [6.45, 7) is 2.13. The standard InChI is InChI=1S/C16H14N6O2/c1-9(22-7-10-4-2-3-5-11(10)16(22)24)15(23)20-13-12-6-19-21-14(12)18-8-17-13/h2-6,8-9H,7H2,1H3,(H2,17,18,19,20,21,23)/t9-/m1/s1. The first kappa shape index (κ1) is 14.3. The summed E-state index contributed by atoms with van der Waals surface area (Å²) in [7, 11) is 0. The second kappa shape index (κ2) is 5.41. The van der Waals surface area contributed by atoms with Crippen LogP contribution < -0.4 is 5.32 Å². The summed E-state index contributed by atoms with van der Waals surface area (Å²) in [5.74, 6) is -0.0727. The third-order valence-electron chi connectivity index (χ3n) is 4.19. The van der Waals surface area contributed by atoms with Crippen LogP contribution in [0.25, 0.3) is 11.0 Å². The normalized spacial score (nSPS) is 14.7. The molecule has 4 rings (SSSR count). The third-order valence-corrected chi connectivity index (χ3v) is 4.19. The van der Waals surface area contributed by atoms with Gasteiger partial charge in [0.25, 0.3) is 5.91 Å². The van der Waals surface area contributed by atoms with Crippen LogP contribution in [0.5, 0.6) is 0 Å². The quantitative estimate of drug-likeness (QED) is 0.757. The number of H-pyrrole nitrogens is 1. The van der Waals surface area contributed by atoms with E-state index in [0.717, 1.165) is 5.56 Å². The molecule has 120 valence electrons. The van der Waals surface area contributed by atoms with Crippen LogP contribution in [0.2, 0.25) is 0 Å². The molecule has 0 unspecified atom stereocenters. The maximum absolute atomic E-state index is 12.6. The van der Waals surface area contributed by atoms with Gasteiger partial charge in [-0.2, -0.15) is 5.10 Å². The monoisotopic (exact) mass is 322 g/mol. The molecule has 0 saturated heterocycles. The fourth-order valence-corrected chi connectivity index (χ4v) is 2.82. The summed E-state index contributed by atoms with van der Waals surface area (Å²) in [6, 6.07) is 6.76. The minimum atomic E-state index is -0.623. The Morgan fingerprint density at radius 3 is 3.00 bits per heavy atom. The van der Waals surface area contributed by atoms with Crippen molar-refractivity contribution in [3.05, 3.63) is 47.9 Å². The number of anilines is 1. The number of hydrogen-bond acceptors (Lipinski definition) is 5. The van der Waals surface area contributed by atoms with Crippen LogP contribution in [0, 0.1) is 0 Å². The molecule has 8 nitrogen and oxygen atoms in total. The lowest BCUT2D eigenvalue weighted by Gasteiger charge is -2.23. The van der Waals surface area contributed by atoms with Crippen LogP contribution in [-0.2, 0) is 11.3 Å². The molecule has 2 amide bonds. The first-order valence-electron chi connectivity index (χ1n) is 7.49. The van der Waals surface area contributed by atoms with Gasteiger partial charge in [0.1, 0.15) is 18.2 Å². The Bertz CT molecular complexity index is 950. The van der Waals surface area contributed by atoms with E-state index >= 15 is 0 Å². The van der Waals surface area contributed by atoms with Gasteiger partial charge in [0, 0.05) is 12.1 Å².